The third-order valence-electron chi connectivity index (χ3n) is 3.39. The maximum absolute atomic E-state index is 12.1. The summed E-state index contributed by atoms with van der Waals surface area (Å²) in [6, 6.07) is 0. The van der Waals surface area contributed by atoms with E-state index >= 15 is 0 Å². The van der Waals surface area contributed by atoms with Gasteiger partial charge in [-0.3, -0.25) is 4.79 Å². The Morgan fingerprint density at radius 2 is 2.19 bits per heavy atom. The summed E-state index contributed by atoms with van der Waals surface area (Å²) in [4.78, 5) is 14.2. The van der Waals surface area contributed by atoms with Gasteiger partial charge in [0, 0.05) is 6.54 Å². The van der Waals surface area contributed by atoms with E-state index in [-0.39, 0.29) is 11.8 Å². The van der Waals surface area contributed by atoms with E-state index in [1.807, 2.05) is 14.1 Å². The molecule has 0 N–H and O–H groups in total. The van der Waals surface area contributed by atoms with Gasteiger partial charge in [-0.1, -0.05) is 12.8 Å². The maximum Gasteiger partial charge on any atom is 0.251 e. The molecule has 1 amide bonds. The molecule has 4 nitrogen and oxygen atoms in total. The standard InChI is InChI=1S/C12H21N3O/c1-14(2)8-9-15-12(16)10-6-4-3-5-7-11(10)13-15/h10H,3-9H2,1-2H3. The van der Waals surface area contributed by atoms with E-state index in [1.54, 1.807) is 5.01 Å². The number of carbonyl (C=O) groups is 1. The first-order valence-electron chi connectivity index (χ1n) is 6.22. The summed E-state index contributed by atoms with van der Waals surface area (Å²) in [7, 11) is 4.04. The van der Waals surface area contributed by atoms with Gasteiger partial charge < -0.3 is 4.90 Å². The molecule has 0 bridgehead atoms. The Labute approximate surface area is 97.3 Å². The lowest BCUT2D eigenvalue weighted by molar-refractivity contribution is -0.132. The Morgan fingerprint density at radius 1 is 1.38 bits per heavy atom. The molecule has 16 heavy (non-hydrogen) atoms. The van der Waals surface area contributed by atoms with Gasteiger partial charge >= 0.3 is 0 Å². The van der Waals surface area contributed by atoms with Crippen LogP contribution in [0.15, 0.2) is 5.10 Å². The zero-order valence-electron chi connectivity index (χ0n) is 10.3. The van der Waals surface area contributed by atoms with Crippen molar-refractivity contribution in [2.45, 2.75) is 32.1 Å². The molecule has 4 heteroatoms. The van der Waals surface area contributed by atoms with E-state index in [4.69, 9.17) is 0 Å². The molecule has 2 rings (SSSR count). The van der Waals surface area contributed by atoms with Crippen molar-refractivity contribution in [1.82, 2.24) is 9.91 Å². The molecule has 1 heterocycles. The maximum atomic E-state index is 12.1. The summed E-state index contributed by atoms with van der Waals surface area (Å²) < 4.78 is 0. The molecule has 0 aromatic rings. The average Bonchev–Trinajstić information content (AvgIpc) is 2.43. The van der Waals surface area contributed by atoms with Crippen molar-refractivity contribution < 1.29 is 4.79 Å². The Kier molecular flexibility index (Phi) is 3.59. The van der Waals surface area contributed by atoms with Crippen molar-refractivity contribution in [2.75, 3.05) is 27.2 Å². The molecular formula is C12H21N3O. The first-order chi connectivity index (χ1) is 7.68. The van der Waals surface area contributed by atoms with Gasteiger partial charge in [0.25, 0.3) is 5.91 Å². The highest BCUT2D eigenvalue weighted by molar-refractivity contribution is 6.08. The Morgan fingerprint density at radius 3 is 2.94 bits per heavy atom. The third-order valence-corrected chi connectivity index (χ3v) is 3.39. The van der Waals surface area contributed by atoms with Gasteiger partial charge in [0.15, 0.2) is 0 Å². The number of likely N-dealkylation sites (N-methyl/N-ethyl adjacent to an activating group) is 1. The van der Waals surface area contributed by atoms with E-state index in [2.05, 4.69) is 10.0 Å². The second-order valence-electron chi connectivity index (χ2n) is 5.01. The van der Waals surface area contributed by atoms with Gasteiger partial charge in [0.1, 0.15) is 0 Å². The summed E-state index contributed by atoms with van der Waals surface area (Å²) in [5, 5.41) is 6.18. The molecule has 0 aromatic carbocycles. The molecule has 1 aliphatic carbocycles. The molecule has 1 fully saturated rings. The Hall–Kier alpha value is -0.900. The van der Waals surface area contributed by atoms with Gasteiger partial charge in [0.2, 0.25) is 0 Å². The van der Waals surface area contributed by atoms with Crippen LogP contribution in [0.5, 0.6) is 0 Å². The van der Waals surface area contributed by atoms with Crippen molar-refractivity contribution >= 4 is 11.6 Å². The highest BCUT2D eigenvalue weighted by Gasteiger charge is 2.35. The van der Waals surface area contributed by atoms with Crippen LogP contribution in [0.3, 0.4) is 0 Å². The molecular weight excluding hydrogens is 202 g/mol. The molecule has 1 unspecified atom stereocenters. The van der Waals surface area contributed by atoms with E-state index in [0.717, 1.165) is 31.6 Å². The third kappa shape index (κ3) is 2.43. The van der Waals surface area contributed by atoms with Crippen LogP contribution in [-0.4, -0.2) is 48.7 Å². The average molecular weight is 223 g/mol. The Balaban J connectivity index is 1.99. The summed E-state index contributed by atoms with van der Waals surface area (Å²) in [6.07, 6.45) is 5.66. The normalized spacial score (nSPS) is 25.7. The minimum absolute atomic E-state index is 0.115. The van der Waals surface area contributed by atoms with E-state index in [9.17, 15) is 4.79 Å². The molecule has 90 valence electrons. The molecule has 1 atom stereocenters. The van der Waals surface area contributed by atoms with Crippen molar-refractivity contribution in [1.29, 1.82) is 0 Å². The second kappa shape index (κ2) is 4.95. The fourth-order valence-electron chi connectivity index (χ4n) is 2.40. The lowest BCUT2D eigenvalue weighted by atomic mass is 9.98. The number of carbonyl (C=O) groups excluding carboxylic acids is 1. The van der Waals surface area contributed by atoms with Gasteiger partial charge in [-0.25, -0.2) is 5.01 Å². The van der Waals surface area contributed by atoms with Crippen LogP contribution < -0.4 is 0 Å². The lowest BCUT2D eigenvalue weighted by Gasteiger charge is -2.16. The van der Waals surface area contributed by atoms with Crippen LogP contribution in [0.4, 0.5) is 0 Å². The first kappa shape index (κ1) is 11.6. The molecule has 2 aliphatic rings. The summed E-state index contributed by atoms with van der Waals surface area (Å²) >= 11 is 0. The number of hydrazone groups is 1. The van der Waals surface area contributed by atoms with E-state index in [1.165, 1.54) is 19.3 Å². The quantitative estimate of drug-likeness (QED) is 0.723. The number of rotatable bonds is 3. The predicted molar refractivity (Wildman–Crippen MR) is 64.3 cm³/mol. The number of nitrogens with zero attached hydrogens (tertiary/aromatic N) is 3. The molecule has 1 aliphatic heterocycles. The van der Waals surface area contributed by atoms with Crippen LogP contribution in [-0.2, 0) is 4.79 Å². The SMILES string of the molecule is CN(C)CCN1N=C2CCCCCC2C1=O. The lowest BCUT2D eigenvalue weighted by Crippen LogP contribution is -2.32. The van der Waals surface area contributed by atoms with Crippen molar-refractivity contribution in [2.24, 2.45) is 11.0 Å². The van der Waals surface area contributed by atoms with Crippen LogP contribution in [0.25, 0.3) is 0 Å². The van der Waals surface area contributed by atoms with Gasteiger partial charge in [-0.05, 0) is 33.4 Å². The van der Waals surface area contributed by atoms with Gasteiger partial charge in [-0.15, -0.1) is 0 Å². The molecule has 0 saturated heterocycles. The monoisotopic (exact) mass is 223 g/mol. The number of hydrogen-bond acceptors (Lipinski definition) is 3. The topological polar surface area (TPSA) is 35.9 Å². The van der Waals surface area contributed by atoms with Crippen LogP contribution >= 0.6 is 0 Å². The molecule has 0 spiro atoms. The molecule has 0 aromatic heterocycles. The van der Waals surface area contributed by atoms with E-state index in [0.29, 0.717) is 0 Å². The fourth-order valence-corrected chi connectivity index (χ4v) is 2.40. The van der Waals surface area contributed by atoms with Crippen LogP contribution in [0.2, 0.25) is 0 Å². The minimum Gasteiger partial charge on any atom is -0.308 e. The highest BCUT2D eigenvalue weighted by atomic mass is 16.2. The predicted octanol–water partition coefficient (Wildman–Crippen LogP) is 1.33. The zero-order valence-corrected chi connectivity index (χ0v) is 10.3. The van der Waals surface area contributed by atoms with Crippen LogP contribution in [0.1, 0.15) is 32.1 Å². The second-order valence-corrected chi connectivity index (χ2v) is 5.01. The number of fused-ring (bicyclic) bond motifs is 1. The van der Waals surface area contributed by atoms with Crippen molar-refractivity contribution in [3.05, 3.63) is 0 Å². The van der Waals surface area contributed by atoms with Crippen molar-refractivity contribution in [3.8, 4) is 0 Å². The fraction of sp³-hybridized carbons (Fsp3) is 0.833. The van der Waals surface area contributed by atoms with E-state index < -0.39 is 0 Å². The molecule has 0 radical (unpaired) electrons. The highest BCUT2D eigenvalue weighted by Crippen LogP contribution is 2.27. The first-order valence-corrected chi connectivity index (χ1v) is 6.22. The number of hydrogen-bond donors (Lipinski definition) is 0. The molecule has 1 saturated carbocycles. The van der Waals surface area contributed by atoms with Crippen molar-refractivity contribution in [3.63, 3.8) is 0 Å². The van der Waals surface area contributed by atoms with Gasteiger partial charge in [0.05, 0.1) is 18.2 Å². The summed E-state index contributed by atoms with van der Waals surface area (Å²) in [5.74, 6) is 0.350. The summed E-state index contributed by atoms with van der Waals surface area (Å²) in [6.45, 7) is 1.61. The zero-order chi connectivity index (χ0) is 11.5. The smallest absolute Gasteiger partial charge is 0.251 e. The summed E-state index contributed by atoms with van der Waals surface area (Å²) in [5.41, 5.74) is 1.14. The largest absolute Gasteiger partial charge is 0.308 e. The van der Waals surface area contributed by atoms with Gasteiger partial charge in [-0.2, -0.15) is 5.10 Å². The van der Waals surface area contributed by atoms with Crippen LogP contribution in [0, 0.1) is 5.92 Å². The Bertz CT molecular complexity index is 299. The minimum atomic E-state index is 0.115. The number of amides is 1.